The van der Waals surface area contributed by atoms with Crippen molar-refractivity contribution in [2.45, 2.75) is 19.3 Å². The lowest BCUT2D eigenvalue weighted by Crippen LogP contribution is -2.22. The maximum absolute atomic E-state index is 12.2. The predicted octanol–water partition coefficient (Wildman–Crippen LogP) is 3.82. The molecule has 0 radical (unpaired) electrons. The third-order valence-electron chi connectivity index (χ3n) is 3.53. The molecule has 0 saturated heterocycles. The highest BCUT2D eigenvalue weighted by atomic mass is 16.1. The lowest BCUT2D eigenvalue weighted by Gasteiger charge is -2.24. The van der Waals surface area contributed by atoms with E-state index in [1.807, 2.05) is 30.3 Å². The molecule has 1 nitrogen and oxygen atoms in total. The van der Waals surface area contributed by atoms with Gasteiger partial charge in [-0.25, -0.2) is 0 Å². The largest absolute Gasteiger partial charge is 0.294 e. The van der Waals surface area contributed by atoms with E-state index in [0.717, 1.165) is 29.2 Å². The van der Waals surface area contributed by atoms with Crippen molar-refractivity contribution < 1.29 is 4.79 Å². The number of carbonyl (C=O) groups is 1. The zero-order valence-corrected chi connectivity index (χ0v) is 9.15. The van der Waals surface area contributed by atoms with Gasteiger partial charge < -0.3 is 0 Å². The van der Waals surface area contributed by atoms with Crippen LogP contribution in [0.5, 0.6) is 0 Å². The Morgan fingerprint density at radius 1 is 1.00 bits per heavy atom. The van der Waals surface area contributed by atoms with Crippen LogP contribution in [0.1, 0.15) is 29.6 Å². The van der Waals surface area contributed by atoms with Gasteiger partial charge in [0.15, 0.2) is 5.78 Å². The Balaban J connectivity index is 2.12. The highest BCUT2D eigenvalue weighted by Crippen LogP contribution is 2.31. The summed E-state index contributed by atoms with van der Waals surface area (Å²) in [5.41, 5.74) is 0.905. The first-order valence-corrected chi connectivity index (χ1v) is 5.88. The second-order valence-corrected chi connectivity index (χ2v) is 4.52. The van der Waals surface area contributed by atoms with E-state index < -0.39 is 0 Å². The van der Waals surface area contributed by atoms with Crippen LogP contribution in [0.15, 0.2) is 42.5 Å². The molecule has 1 heteroatoms. The first-order valence-electron chi connectivity index (χ1n) is 5.88. The Labute approximate surface area is 95.1 Å². The van der Waals surface area contributed by atoms with Crippen molar-refractivity contribution in [1.82, 2.24) is 0 Å². The topological polar surface area (TPSA) is 17.1 Å². The molecule has 0 N–H and O–H groups in total. The second-order valence-electron chi connectivity index (χ2n) is 4.52. The average Bonchev–Trinajstić information content (AvgIpc) is 2.26. The fourth-order valence-electron chi connectivity index (χ4n) is 2.33. The van der Waals surface area contributed by atoms with Crippen molar-refractivity contribution in [3.63, 3.8) is 0 Å². The number of Topliss-reactive ketones (excluding diaryl/α,β-unsaturated/α-hetero) is 1. The summed E-state index contributed by atoms with van der Waals surface area (Å²) < 4.78 is 0. The molecule has 1 saturated carbocycles. The summed E-state index contributed by atoms with van der Waals surface area (Å²) >= 11 is 0. The predicted molar refractivity (Wildman–Crippen MR) is 65.6 cm³/mol. The minimum Gasteiger partial charge on any atom is -0.294 e. The van der Waals surface area contributed by atoms with Crippen LogP contribution in [0.4, 0.5) is 0 Å². The Hall–Kier alpha value is -1.63. The quantitative estimate of drug-likeness (QED) is 0.688. The van der Waals surface area contributed by atoms with Crippen LogP contribution in [0, 0.1) is 5.92 Å². The number of fused-ring (bicyclic) bond motifs is 1. The van der Waals surface area contributed by atoms with Gasteiger partial charge in [-0.1, -0.05) is 48.9 Å². The Bertz CT molecular complexity index is 533. The van der Waals surface area contributed by atoms with Crippen LogP contribution in [0.2, 0.25) is 0 Å². The summed E-state index contributed by atoms with van der Waals surface area (Å²) in [7, 11) is 0. The minimum absolute atomic E-state index is 0.283. The van der Waals surface area contributed by atoms with Crippen molar-refractivity contribution in [3.05, 3.63) is 48.0 Å². The van der Waals surface area contributed by atoms with E-state index in [-0.39, 0.29) is 5.92 Å². The summed E-state index contributed by atoms with van der Waals surface area (Å²) in [4.78, 5) is 12.2. The minimum atomic E-state index is 0.283. The zero-order chi connectivity index (χ0) is 11.0. The van der Waals surface area contributed by atoms with E-state index in [1.54, 1.807) is 0 Å². The van der Waals surface area contributed by atoms with Crippen LogP contribution in [0.3, 0.4) is 0 Å². The first-order chi connectivity index (χ1) is 7.86. The van der Waals surface area contributed by atoms with Gasteiger partial charge in [-0.3, -0.25) is 4.79 Å². The van der Waals surface area contributed by atoms with Gasteiger partial charge in [-0.2, -0.15) is 0 Å². The molecule has 3 rings (SSSR count). The fourth-order valence-corrected chi connectivity index (χ4v) is 2.33. The molecule has 1 aliphatic rings. The average molecular weight is 210 g/mol. The van der Waals surface area contributed by atoms with Gasteiger partial charge in [-0.15, -0.1) is 0 Å². The van der Waals surface area contributed by atoms with Gasteiger partial charge in [0.1, 0.15) is 0 Å². The summed E-state index contributed by atoms with van der Waals surface area (Å²) in [5, 5.41) is 2.26. The van der Waals surface area contributed by atoms with Crippen LogP contribution in [-0.4, -0.2) is 5.78 Å². The Morgan fingerprint density at radius 3 is 2.50 bits per heavy atom. The van der Waals surface area contributed by atoms with E-state index in [0.29, 0.717) is 5.78 Å². The maximum atomic E-state index is 12.2. The van der Waals surface area contributed by atoms with Crippen molar-refractivity contribution >= 4 is 16.6 Å². The van der Waals surface area contributed by atoms with Crippen LogP contribution in [-0.2, 0) is 0 Å². The lowest BCUT2D eigenvalue weighted by molar-refractivity contribution is 0.0857. The van der Waals surface area contributed by atoms with E-state index >= 15 is 0 Å². The molecule has 2 aromatic rings. The summed E-state index contributed by atoms with van der Waals surface area (Å²) in [5.74, 6) is 0.619. The maximum Gasteiger partial charge on any atom is 0.166 e. The normalized spacial score (nSPS) is 16.0. The summed E-state index contributed by atoms with van der Waals surface area (Å²) in [6.45, 7) is 0. The number of benzene rings is 2. The van der Waals surface area contributed by atoms with Crippen LogP contribution in [0.25, 0.3) is 10.8 Å². The molecule has 80 valence electrons. The summed E-state index contributed by atoms with van der Waals surface area (Å²) in [6, 6.07) is 14.1. The third-order valence-corrected chi connectivity index (χ3v) is 3.53. The van der Waals surface area contributed by atoms with Gasteiger partial charge in [0.25, 0.3) is 0 Å². The van der Waals surface area contributed by atoms with E-state index in [4.69, 9.17) is 0 Å². The molecule has 0 aromatic heterocycles. The smallest absolute Gasteiger partial charge is 0.166 e. The van der Waals surface area contributed by atoms with Crippen molar-refractivity contribution in [1.29, 1.82) is 0 Å². The third kappa shape index (κ3) is 1.44. The molecular formula is C15H14O. The van der Waals surface area contributed by atoms with Gasteiger partial charge >= 0.3 is 0 Å². The van der Waals surface area contributed by atoms with Gasteiger partial charge in [0.2, 0.25) is 0 Å². The van der Waals surface area contributed by atoms with Gasteiger partial charge in [0.05, 0.1) is 0 Å². The van der Waals surface area contributed by atoms with E-state index in [1.165, 1.54) is 6.42 Å². The molecule has 0 amide bonds. The summed E-state index contributed by atoms with van der Waals surface area (Å²) in [6.07, 6.45) is 3.35. The van der Waals surface area contributed by atoms with Crippen molar-refractivity contribution in [2.24, 2.45) is 5.92 Å². The standard InChI is InChI=1S/C15H14O/c16-15(12-7-3-8-12)14-10-4-6-11-5-1-2-9-13(11)14/h1-2,4-6,9-10,12H,3,7-8H2. The van der Waals surface area contributed by atoms with Gasteiger partial charge in [0, 0.05) is 11.5 Å². The van der Waals surface area contributed by atoms with E-state index in [9.17, 15) is 4.79 Å². The Morgan fingerprint density at radius 2 is 1.75 bits per heavy atom. The number of hydrogen-bond donors (Lipinski definition) is 0. The molecule has 0 atom stereocenters. The van der Waals surface area contributed by atoms with Gasteiger partial charge in [-0.05, 0) is 23.6 Å². The number of rotatable bonds is 2. The molecule has 0 heterocycles. The zero-order valence-electron chi connectivity index (χ0n) is 9.15. The van der Waals surface area contributed by atoms with Crippen molar-refractivity contribution in [3.8, 4) is 0 Å². The van der Waals surface area contributed by atoms with Crippen LogP contribution >= 0.6 is 0 Å². The van der Waals surface area contributed by atoms with Crippen LogP contribution < -0.4 is 0 Å². The molecule has 0 spiro atoms. The SMILES string of the molecule is O=C(c1cccc2ccccc12)C1CCC1. The highest BCUT2D eigenvalue weighted by Gasteiger charge is 2.26. The van der Waals surface area contributed by atoms with E-state index in [2.05, 4.69) is 12.1 Å². The number of ketones is 1. The fraction of sp³-hybridized carbons (Fsp3) is 0.267. The molecular weight excluding hydrogens is 196 g/mol. The Kier molecular flexibility index (Phi) is 2.24. The molecule has 1 fully saturated rings. The number of carbonyl (C=O) groups excluding carboxylic acids is 1. The molecule has 0 unspecified atom stereocenters. The first kappa shape index (κ1) is 9.59. The lowest BCUT2D eigenvalue weighted by atomic mass is 9.79. The van der Waals surface area contributed by atoms with Crippen molar-refractivity contribution in [2.75, 3.05) is 0 Å². The monoisotopic (exact) mass is 210 g/mol. The number of hydrogen-bond acceptors (Lipinski definition) is 1. The molecule has 2 aromatic carbocycles. The molecule has 0 aliphatic heterocycles. The highest BCUT2D eigenvalue weighted by molar-refractivity contribution is 6.09. The molecule has 1 aliphatic carbocycles. The molecule has 0 bridgehead atoms. The molecule has 16 heavy (non-hydrogen) atoms. The second kappa shape index (κ2) is 3.75.